The minimum Gasteiger partial charge on any atom is -0.325 e. The van der Waals surface area contributed by atoms with Crippen LogP contribution >= 0.6 is 38.5 Å². The fourth-order valence-electron chi connectivity index (χ4n) is 1.54. The summed E-state index contributed by atoms with van der Waals surface area (Å²) in [5.74, 6) is 0.00133. The maximum absolute atomic E-state index is 11.9. The van der Waals surface area contributed by atoms with Crippen LogP contribution in [0.4, 0.5) is 5.69 Å². The summed E-state index contributed by atoms with van der Waals surface area (Å²) >= 11 is 5.58. The van der Waals surface area contributed by atoms with Crippen molar-refractivity contribution < 1.29 is 4.79 Å². The average Bonchev–Trinajstić information content (AvgIpc) is 2.35. The third-order valence-electron chi connectivity index (χ3n) is 2.43. The number of amides is 1. The van der Waals surface area contributed by atoms with E-state index in [4.69, 9.17) is 0 Å². The Balaban J connectivity index is 2.01. The smallest absolute Gasteiger partial charge is 0.228 e. The quantitative estimate of drug-likeness (QED) is 0.746. The number of carbonyl (C=O) groups excluding carboxylic acids is 1. The molecule has 18 heavy (non-hydrogen) atoms. The molecule has 0 aliphatic carbocycles. The molecule has 4 heteroatoms. The Labute approximate surface area is 128 Å². The Hall–Kier alpha value is -0.880. The van der Waals surface area contributed by atoms with E-state index in [9.17, 15) is 4.79 Å². The van der Waals surface area contributed by atoms with Gasteiger partial charge in [-0.05, 0) is 52.4 Å². The van der Waals surface area contributed by atoms with Crippen molar-refractivity contribution in [3.05, 3.63) is 62.1 Å². The number of carbonyl (C=O) groups is 1. The van der Waals surface area contributed by atoms with Gasteiger partial charge in [-0.25, -0.2) is 0 Å². The second-order valence-electron chi connectivity index (χ2n) is 3.83. The van der Waals surface area contributed by atoms with Gasteiger partial charge < -0.3 is 5.32 Å². The molecule has 92 valence electrons. The molecule has 0 aliphatic heterocycles. The molecule has 0 spiro atoms. The van der Waals surface area contributed by atoms with Crippen LogP contribution in [0.2, 0.25) is 0 Å². The van der Waals surface area contributed by atoms with E-state index in [1.807, 2.05) is 48.5 Å². The molecule has 0 aromatic heterocycles. The summed E-state index contributed by atoms with van der Waals surface area (Å²) in [5.41, 5.74) is 1.86. The topological polar surface area (TPSA) is 29.1 Å². The van der Waals surface area contributed by atoms with Gasteiger partial charge in [-0.1, -0.05) is 40.2 Å². The van der Waals surface area contributed by atoms with Gasteiger partial charge in [0, 0.05) is 8.04 Å². The number of para-hydroxylation sites is 1. The Morgan fingerprint density at radius 3 is 2.44 bits per heavy atom. The Morgan fingerprint density at radius 2 is 1.78 bits per heavy atom. The van der Waals surface area contributed by atoms with Crippen LogP contribution in [-0.4, -0.2) is 5.91 Å². The summed E-state index contributed by atoms with van der Waals surface area (Å²) in [7, 11) is 0. The third-order valence-corrected chi connectivity index (χ3v) is 3.90. The molecule has 0 radical (unpaired) electrons. The van der Waals surface area contributed by atoms with Gasteiger partial charge in [0.05, 0.1) is 12.1 Å². The molecule has 1 N–H and O–H groups in total. The molecule has 2 aromatic carbocycles. The summed E-state index contributed by atoms with van der Waals surface area (Å²) in [5, 5.41) is 2.92. The fraction of sp³-hybridized carbons (Fsp3) is 0.0714. The minimum absolute atomic E-state index is 0.00133. The van der Waals surface area contributed by atoms with Crippen molar-refractivity contribution in [1.29, 1.82) is 0 Å². The average molecular weight is 416 g/mol. The highest BCUT2D eigenvalue weighted by molar-refractivity contribution is 14.1. The van der Waals surface area contributed by atoms with Crippen molar-refractivity contribution in [3.63, 3.8) is 0 Å². The predicted octanol–water partition coefficient (Wildman–Crippen LogP) is 4.23. The van der Waals surface area contributed by atoms with Crippen molar-refractivity contribution in [2.75, 3.05) is 5.32 Å². The van der Waals surface area contributed by atoms with Crippen LogP contribution in [0.5, 0.6) is 0 Å². The molecular weight excluding hydrogens is 405 g/mol. The highest BCUT2D eigenvalue weighted by Crippen LogP contribution is 2.17. The number of anilines is 1. The number of halogens is 2. The summed E-state index contributed by atoms with van der Waals surface area (Å²) in [4.78, 5) is 11.9. The normalized spacial score (nSPS) is 10.1. The van der Waals surface area contributed by atoms with E-state index in [-0.39, 0.29) is 5.91 Å². The summed E-state index contributed by atoms with van der Waals surface area (Å²) in [6.07, 6.45) is 0.387. The molecular formula is C14H11BrINO. The van der Waals surface area contributed by atoms with Crippen LogP contribution in [0, 0.1) is 3.57 Å². The Kier molecular flexibility index (Phi) is 4.77. The highest BCUT2D eigenvalue weighted by atomic mass is 127. The first-order chi connectivity index (χ1) is 8.65. The van der Waals surface area contributed by atoms with Crippen LogP contribution < -0.4 is 5.32 Å². The van der Waals surface area contributed by atoms with E-state index < -0.39 is 0 Å². The van der Waals surface area contributed by atoms with Crippen molar-refractivity contribution in [2.24, 2.45) is 0 Å². The largest absolute Gasteiger partial charge is 0.325 e. The zero-order chi connectivity index (χ0) is 13.0. The van der Waals surface area contributed by atoms with E-state index in [0.717, 1.165) is 19.3 Å². The Morgan fingerprint density at radius 1 is 1.11 bits per heavy atom. The van der Waals surface area contributed by atoms with E-state index in [1.165, 1.54) is 0 Å². The lowest BCUT2D eigenvalue weighted by atomic mass is 10.1. The second-order valence-corrected chi connectivity index (χ2v) is 5.91. The molecule has 2 aromatic rings. The number of hydrogen-bond acceptors (Lipinski definition) is 1. The summed E-state index contributed by atoms with van der Waals surface area (Å²) in [6.45, 7) is 0. The second kappa shape index (κ2) is 6.33. The van der Waals surface area contributed by atoms with Crippen LogP contribution in [0.25, 0.3) is 0 Å². The molecule has 0 saturated heterocycles. The van der Waals surface area contributed by atoms with Crippen LogP contribution in [0.15, 0.2) is 53.0 Å². The maximum Gasteiger partial charge on any atom is 0.228 e. The summed E-state index contributed by atoms with van der Waals surface area (Å²) < 4.78 is 2.06. The molecule has 2 nitrogen and oxygen atoms in total. The van der Waals surface area contributed by atoms with E-state index in [2.05, 4.69) is 43.8 Å². The molecule has 0 saturated carbocycles. The lowest BCUT2D eigenvalue weighted by Crippen LogP contribution is -2.15. The number of rotatable bonds is 3. The van der Waals surface area contributed by atoms with Gasteiger partial charge in [0.25, 0.3) is 0 Å². The van der Waals surface area contributed by atoms with Gasteiger partial charge in [-0.3, -0.25) is 4.79 Å². The van der Waals surface area contributed by atoms with E-state index >= 15 is 0 Å². The maximum atomic E-state index is 11.9. The van der Waals surface area contributed by atoms with Crippen LogP contribution in [0.3, 0.4) is 0 Å². The molecule has 1 amide bonds. The monoisotopic (exact) mass is 415 g/mol. The molecule has 2 rings (SSSR count). The molecule has 0 aliphatic rings. The molecule has 0 atom stereocenters. The molecule has 0 heterocycles. The minimum atomic E-state index is 0.00133. The SMILES string of the molecule is O=C(Cc1ccc(Br)cc1)Nc1ccccc1I. The van der Waals surface area contributed by atoms with Gasteiger partial charge in [0.2, 0.25) is 5.91 Å². The van der Waals surface area contributed by atoms with Crippen molar-refractivity contribution >= 4 is 50.1 Å². The zero-order valence-corrected chi connectivity index (χ0v) is 13.2. The first kappa shape index (κ1) is 13.5. The van der Waals surface area contributed by atoms with Crippen molar-refractivity contribution in [2.45, 2.75) is 6.42 Å². The zero-order valence-electron chi connectivity index (χ0n) is 9.49. The standard InChI is InChI=1S/C14H11BrINO/c15-11-7-5-10(6-8-11)9-14(18)17-13-4-2-1-3-12(13)16/h1-8H,9H2,(H,17,18). The predicted molar refractivity (Wildman–Crippen MR) is 85.6 cm³/mol. The number of benzene rings is 2. The molecule has 0 bridgehead atoms. The van der Waals surface area contributed by atoms with Crippen LogP contribution in [-0.2, 0) is 11.2 Å². The molecule has 0 fully saturated rings. The third kappa shape index (κ3) is 3.81. The van der Waals surface area contributed by atoms with Gasteiger partial charge in [0.1, 0.15) is 0 Å². The van der Waals surface area contributed by atoms with E-state index in [0.29, 0.717) is 6.42 Å². The first-order valence-electron chi connectivity index (χ1n) is 5.44. The van der Waals surface area contributed by atoms with Gasteiger partial charge >= 0.3 is 0 Å². The van der Waals surface area contributed by atoms with Gasteiger partial charge in [0.15, 0.2) is 0 Å². The summed E-state index contributed by atoms with van der Waals surface area (Å²) in [6, 6.07) is 15.5. The number of nitrogens with one attached hydrogen (secondary N) is 1. The highest BCUT2D eigenvalue weighted by Gasteiger charge is 2.05. The lowest BCUT2D eigenvalue weighted by molar-refractivity contribution is -0.115. The fourth-order valence-corrected chi connectivity index (χ4v) is 2.33. The van der Waals surface area contributed by atoms with Gasteiger partial charge in [-0.15, -0.1) is 0 Å². The lowest BCUT2D eigenvalue weighted by Gasteiger charge is -2.07. The molecule has 0 unspecified atom stereocenters. The van der Waals surface area contributed by atoms with E-state index in [1.54, 1.807) is 0 Å². The van der Waals surface area contributed by atoms with Crippen molar-refractivity contribution in [3.8, 4) is 0 Å². The van der Waals surface area contributed by atoms with Crippen molar-refractivity contribution in [1.82, 2.24) is 0 Å². The van der Waals surface area contributed by atoms with Crippen LogP contribution in [0.1, 0.15) is 5.56 Å². The first-order valence-corrected chi connectivity index (χ1v) is 7.31. The Bertz CT molecular complexity index is 554. The number of hydrogen-bond donors (Lipinski definition) is 1. The van der Waals surface area contributed by atoms with Gasteiger partial charge in [-0.2, -0.15) is 0 Å².